The fraction of sp³-hybridized carbons (Fsp3) is 0. The van der Waals surface area contributed by atoms with Crippen molar-refractivity contribution in [2.24, 2.45) is 0 Å². The van der Waals surface area contributed by atoms with E-state index in [-0.39, 0.29) is 0 Å². The van der Waals surface area contributed by atoms with E-state index in [1.807, 2.05) is 0 Å². The highest BCUT2D eigenvalue weighted by Gasteiger charge is 1.99. The molecule has 0 fully saturated rings. The standard InChI is InChI=1S/C8H6.Cl3Si/c1-2-4-8-6-5-7(8)3-1;1-4(2)3/h1-6H;. The molecule has 1 aromatic rings. The van der Waals surface area contributed by atoms with Gasteiger partial charge in [-0.15, -0.1) is 33.2 Å². The maximum atomic E-state index is 4.91. The second-order valence-corrected chi connectivity index (χ2v) is 7.75. The predicted octanol–water partition coefficient (Wildman–Crippen LogP) is 3.86. The molecule has 0 aromatic heterocycles. The molecule has 1 aliphatic carbocycles. The van der Waals surface area contributed by atoms with Gasteiger partial charge < -0.3 is 0 Å². The molecule has 12 heavy (non-hydrogen) atoms. The fourth-order valence-corrected chi connectivity index (χ4v) is 0.898. The van der Waals surface area contributed by atoms with Crippen LogP contribution in [-0.4, -0.2) is 6.73 Å². The molecule has 0 amide bonds. The maximum Gasteiger partial charge on any atom is 0.376 e. The summed E-state index contributed by atoms with van der Waals surface area (Å²) in [7, 11) is 0. The van der Waals surface area contributed by atoms with Crippen molar-refractivity contribution >= 4 is 52.1 Å². The average molecular weight is 237 g/mol. The highest BCUT2D eigenvalue weighted by Crippen LogP contribution is 2.21. The lowest BCUT2D eigenvalue weighted by molar-refractivity contribution is 1.58. The van der Waals surface area contributed by atoms with Gasteiger partial charge in [0.25, 0.3) is 0 Å². The van der Waals surface area contributed by atoms with E-state index in [0.29, 0.717) is 0 Å². The molecule has 0 heterocycles. The second-order valence-electron chi connectivity index (χ2n) is 2.18. The largest absolute Gasteiger partial charge is 0.376 e. The van der Waals surface area contributed by atoms with Crippen LogP contribution in [0.25, 0.3) is 12.2 Å². The van der Waals surface area contributed by atoms with Crippen molar-refractivity contribution in [3.05, 3.63) is 35.4 Å². The lowest BCUT2D eigenvalue weighted by Crippen LogP contribution is -1.85. The van der Waals surface area contributed by atoms with Gasteiger partial charge in [0.05, 0.1) is 0 Å². The SMILES string of the molecule is C1=Cc2ccccc21.Cl[Si](Cl)Cl. The zero-order valence-corrected chi connectivity index (χ0v) is 9.37. The van der Waals surface area contributed by atoms with Gasteiger partial charge in [-0.05, 0) is 11.1 Å². The molecule has 4 heteroatoms. The molecule has 0 aliphatic heterocycles. The van der Waals surface area contributed by atoms with Gasteiger partial charge in [0.1, 0.15) is 0 Å². The van der Waals surface area contributed by atoms with E-state index in [2.05, 4.69) is 36.4 Å². The summed E-state index contributed by atoms with van der Waals surface area (Å²) < 4.78 is 0. The molecule has 0 bridgehead atoms. The van der Waals surface area contributed by atoms with Crippen LogP contribution in [-0.2, 0) is 0 Å². The quantitative estimate of drug-likeness (QED) is 0.481. The zero-order chi connectivity index (χ0) is 8.97. The lowest BCUT2D eigenvalue weighted by atomic mass is 9.99. The van der Waals surface area contributed by atoms with Crippen molar-refractivity contribution in [3.8, 4) is 0 Å². The summed E-state index contributed by atoms with van der Waals surface area (Å²) in [5.41, 5.74) is 2.74. The van der Waals surface area contributed by atoms with Crippen LogP contribution in [0.3, 0.4) is 0 Å². The Morgan fingerprint density at radius 1 is 0.833 bits per heavy atom. The smallest absolute Gasteiger partial charge is 0.125 e. The van der Waals surface area contributed by atoms with Crippen LogP contribution < -0.4 is 0 Å². The number of hydrogen-bond donors (Lipinski definition) is 0. The normalized spacial score (nSPS) is 11.3. The topological polar surface area (TPSA) is 0 Å². The molecule has 0 unspecified atom stereocenters. The number of benzene rings is 1. The first-order valence-electron chi connectivity index (χ1n) is 3.30. The van der Waals surface area contributed by atoms with E-state index in [1.165, 1.54) is 11.1 Å². The van der Waals surface area contributed by atoms with Crippen molar-refractivity contribution < 1.29 is 0 Å². The molecular formula is C8H6Cl3Si. The van der Waals surface area contributed by atoms with Gasteiger partial charge in [-0.25, -0.2) is 0 Å². The van der Waals surface area contributed by atoms with Gasteiger partial charge in [0.2, 0.25) is 0 Å². The average Bonchev–Trinajstić information content (AvgIpc) is 1.90. The number of hydrogen-bond acceptors (Lipinski definition) is 0. The first kappa shape index (κ1) is 10.1. The van der Waals surface area contributed by atoms with E-state index >= 15 is 0 Å². The van der Waals surface area contributed by atoms with Crippen LogP contribution in [0.5, 0.6) is 0 Å². The highest BCUT2D eigenvalue weighted by atomic mass is 35.8. The molecule has 2 rings (SSSR count). The number of rotatable bonds is 0. The van der Waals surface area contributed by atoms with Gasteiger partial charge in [-0.1, -0.05) is 36.4 Å². The van der Waals surface area contributed by atoms with Crippen molar-refractivity contribution in [2.45, 2.75) is 0 Å². The number of fused-ring (bicyclic) bond motifs is 1. The Morgan fingerprint density at radius 3 is 1.33 bits per heavy atom. The Balaban J connectivity index is 0.000000157. The number of halogens is 3. The summed E-state index contributed by atoms with van der Waals surface area (Å²) in [4.78, 5) is 0. The molecule has 1 aliphatic rings. The minimum absolute atomic E-state index is 1.37. The first-order valence-corrected chi connectivity index (χ1v) is 7.84. The fourth-order valence-electron chi connectivity index (χ4n) is 0.898. The van der Waals surface area contributed by atoms with E-state index < -0.39 is 6.73 Å². The van der Waals surface area contributed by atoms with Gasteiger partial charge >= 0.3 is 6.73 Å². The molecular weight excluding hydrogens is 231 g/mol. The Labute approximate surface area is 87.5 Å². The van der Waals surface area contributed by atoms with Crippen LogP contribution in [0.4, 0.5) is 0 Å². The maximum absolute atomic E-state index is 4.91. The van der Waals surface area contributed by atoms with E-state index in [4.69, 9.17) is 33.2 Å². The Hall–Kier alpha value is 0.0469. The summed E-state index contributed by atoms with van der Waals surface area (Å²) in [5.74, 6) is 0. The minimum atomic E-state index is -1.46. The molecule has 1 radical (unpaired) electrons. The Bertz CT molecular complexity index is 256. The van der Waals surface area contributed by atoms with Gasteiger partial charge in [-0.2, -0.15) is 0 Å². The molecule has 1 aromatic carbocycles. The first-order chi connectivity index (χ1) is 5.70. The van der Waals surface area contributed by atoms with Crippen molar-refractivity contribution in [3.63, 3.8) is 0 Å². The van der Waals surface area contributed by atoms with Crippen LogP contribution >= 0.6 is 33.2 Å². The van der Waals surface area contributed by atoms with Gasteiger partial charge in [-0.3, -0.25) is 0 Å². The molecule has 0 N–H and O–H groups in total. The second kappa shape index (κ2) is 4.93. The Kier molecular flexibility index (Phi) is 4.16. The van der Waals surface area contributed by atoms with Gasteiger partial charge in [0, 0.05) is 0 Å². The summed E-state index contributed by atoms with van der Waals surface area (Å²) in [6.45, 7) is -1.46. The van der Waals surface area contributed by atoms with Crippen LogP contribution in [0.1, 0.15) is 11.1 Å². The van der Waals surface area contributed by atoms with E-state index in [9.17, 15) is 0 Å². The summed E-state index contributed by atoms with van der Waals surface area (Å²) in [5, 5.41) is 0. The third-order valence-electron chi connectivity index (χ3n) is 1.44. The van der Waals surface area contributed by atoms with Crippen molar-refractivity contribution in [2.75, 3.05) is 0 Å². The van der Waals surface area contributed by atoms with Crippen molar-refractivity contribution in [1.29, 1.82) is 0 Å². The molecule has 0 saturated carbocycles. The van der Waals surface area contributed by atoms with Crippen LogP contribution in [0.2, 0.25) is 0 Å². The van der Waals surface area contributed by atoms with E-state index in [0.717, 1.165) is 0 Å². The zero-order valence-electron chi connectivity index (χ0n) is 6.10. The molecule has 0 saturated heterocycles. The van der Waals surface area contributed by atoms with Crippen LogP contribution in [0, 0.1) is 0 Å². The van der Waals surface area contributed by atoms with Crippen molar-refractivity contribution in [1.82, 2.24) is 0 Å². The predicted molar refractivity (Wildman–Crippen MR) is 58.7 cm³/mol. The summed E-state index contributed by atoms with van der Waals surface area (Å²) >= 11 is 14.7. The lowest BCUT2D eigenvalue weighted by Gasteiger charge is -2.06. The molecule has 0 nitrogen and oxygen atoms in total. The minimum Gasteiger partial charge on any atom is -0.125 e. The Morgan fingerprint density at radius 2 is 1.17 bits per heavy atom. The highest BCUT2D eigenvalue weighted by molar-refractivity contribution is 7.54. The third-order valence-corrected chi connectivity index (χ3v) is 1.44. The summed E-state index contributed by atoms with van der Waals surface area (Å²) in [6.07, 6.45) is 4.24. The molecule has 0 atom stereocenters. The summed E-state index contributed by atoms with van der Waals surface area (Å²) in [6, 6.07) is 8.36. The third kappa shape index (κ3) is 3.19. The van der Waals surface area contributed by atoms with Gasteiger partial charge in [0.15, 0.2) is 0 Å². The van der Waals surface area contributed by atoms with E-state index in [1.54, 1.807) is 0 Å². The molecule has 0 spiro atoms. The molecule has 63 valence electrons. The van der Waals surface area contributed by atoms with Crippen LogP contribution in [0.15, 0.2) is 24.3 Å². The monoisotopic (exact) mass is 235 g/mol.